The van der Waals surface area contributed by atoms with Crippen molar-refractivity contribution in [3.05, 3.63) is 59.2 Å². The number of unbranched alkanes of at least 4 members (excludes halogenated alkanes) is 5. The summed E-state index contributed by atoms with van der Waals surface area (Å²) in [5.74, 6) is -0.550. The fraction of sp³-hybridized carbons (Fsp3) is 0.576. The minimum absolute atomic E-state index is 0.206. The third-order valence-corrected chi connectivity index (χ3v) is 6.37. The van der Waals surface area contributed by atoms with Crippen molar-refractivity contribution in [2.75, 3.05) is 19.8 Å². The predicted octanol–water partition coefficient (Wildman–Crippen LogP) is 7.32. The van der Waals surface area contributed by atoms with Crippen LogP contribution in [0.5, 0.6) is 11.5 Å². The SMILES string of the molecule is CCOC(=O)c1cc(OC(C)(C)Cc2ccccc2)c(C(=O)OCC)cc1OCCCCCCCCC(C)(C)O. The van der Waals surface area contributed by atoms with Crippen LogP contribution in [-0.4, -0.2) is 48.1 Å². The maximum atomic E-state index is 12.9. The molecule has 40 heavy (non-hydrogen) atoms. The average molecular weight is 557 g/mol. The Balaban J connectivity index is 2.17. The molecular weight excluding hydrogens is 508 g/mol. The number of benzene rings is 2. The summed E-state index contributed by atoms with van der Waals surface area (Å²) < 4.78 is 23.0. The standard InChI is InChI=1S/C33H48O7/c1-7-37-30(34)26-23-29(40-33(5,6)24-25-18-14-13-15-19-25)27(31(35)38-8-2)22-28(26)39-21-17-12-10-9-11-16-20-32(3,4)36/h13-15,18-19,22-23,36H,7-12,16-17,20-21,24H2,1-6H3. The molecule has 0 spiro atoms. The van der Waals surface area contributed by atoms with Gasteiger partial charge in [0, 0.05) is 6.42 Å². The van der Waals surface area contributed by atoms with Crippen LogP contribution in [-0.2, 0) is 15.9 Å². The Labute approximate surface area is 240 Å². The second kappa shape index (κ2) is 16.3. The highest BCUT2D eigenvalue weighted by Gasteiger charge is 2.28. The zero-order valence-corrected chi connectivity index (χ0v) is 25.2. The van der Waals surface area contributed by atoms with Gasteiger partial charge in [0.05, 0.1) is 25.4 Å². The first-order valence-corrected chi connectivity index (χ1v) is 14.6. The predicted molar refractivity (Wildman–Crippen MR) is 157 cm³/mol. The van der Waals surface area contributed by atoms with Gasteiger partial charge in [0.15, 0.2) is 0 Å². The molecule has 0 aliphatic heterocycles. The number of hydrogen-bond donors (Lipinski definition) is 1. The molecule has 1 N–H and O–H groups in total. The Bertz CT molecular complexity index is 1050. The van der Waals surface area contributed by atoms with Gasteiger partial charge in [-0.1, -0.05) is 62.4 Å². The van der Waals surface area contributed by atoms with Gasteiger partial charge in [-0.3, -0.25) is 0 Å². The molecule has 0 unspecified atom stereocenters. The van der Waals surface area contributed by atoms with Gasteiger partial charge in [0.25, 0.3) is 0 Å². The normalized spacial score (nSPS) is 11.7. The molecule has 0 bridgehead atoms. The van der Waals surface area contributed by atoms with Gasteiger partial charge in [0.1, 0.15) is 28.2 Å². The molecule has 2 aromatic rings. The largest absolute Gasteiger partial charge is 0.493 e. The smallest absolute Gasteiger partial charge is 0.342 e. The molecule has 0 saturated carbocycles. The molecule has 0 saturated heterocycles. The molecule has 0 amide bonds. The van der Waals surface area contributed by atoms with E-state index in [-0.39, 0.29) is 35.8 Å². The summed E-state index contributed by atoms with van der Waals surface area (Å²) in [7, 11) is 0. The van der Waals surface area contributed by atoms with Crippen LogP contribution in [0.2, 0.25) is 0 Å². The third-order valence-electron chi connectivity index (χ3n) is 6.37. The van der Waals surface area contributed by atoms with Crippen molar-refractivity contribution in [1.82, 2.24) is 0 Å². The second-order valence-electron chi connectivity index (χ2n) is 11.3. The Hall–Kier alpha value is -3.06. The van der Waals surface area contributed by atoms with E-state index >= 15 is 0 Å². The first-order chi connectivity index (χ1) is 19.0. The molecule has 0 aliphatic carbocycles. The van der Waals surface area contributed by atoms with Crippen molar-refractivity contribution < 1.29 is 33.6 Å². The Morgan fingerprint density at radius 1 is 0.750 bits per heavy atom. The van der Waals surface area contributed by atoms with Gasteiger partial charge in [-0.05, 0) is 72.1 Å². The van der Waals surface area contributed by atoms with E-state index in [4.69, 9.17) is 18.9 Å². The van der Waals surface area contributed by atoms with Crippen molar-refractivity contribution in [2.45, 2.75) is 104 Å². The van der Waals surface area contributed by atoms with Crippen LogP contribution < -0.4 is 9.47 Å². The van der Waals surface area contributed by atoms with Crippen molar-refractivity contribution in [3.8, 4) is 11.5 Å². The molecule has 7 nitrogen and oxygen atoms in total. The number of hydrogen-bond acceptors (Lipinski definition) is 7. The molecule has 222 valence electrons. The van der Waals surface area contributed by atoms with Gasteiger partial charge < -0.3 is 24.1 Å². The summed E-state index contributed by atoms with van der Waals surface area (Å²) in [4.78, 5) is 25.8. The topological polar surface area (TPSA) is 91.3 Å². The summed E-state index contributed by atoms with van der Waals surface area (Å²) in [6.45, 7) is 11.9. The quantitative estimate of drug-likeness (QED) is 0.152. The Morgan fingerprint density at radius 3 is 1.85 bits per heavy atom. The Morgan fingerprint density at radius 2 is 1.27 bits per heavy atom. The summed E-state index contributed by atoms with van der Waals surface area (Å²) in [5, 5.41) is 9.82. The molecule has 0 fully saturated rings. The molecule has 2 rings (SSSR count). The summed E-state index contributed by atoms with van der Waals surface area (Å²) in [6.07, 6.45) is 7.46. The first kappa shape index (κ1) is 33.1. The lowest BCUT2D eigenvalue weighted by atomic mass is 9.98. The Kier molecular flexibility index (Phi) is 13.5. The molecule has 0 aliphatic rings. The molecule has 0 radical (unpaired) electrons. The molecule has 2 aromatic carbocycles. The van der Waals surface area contributed by atoms with E-state index in [2.05, 4.69) is 0 Å². The van der Waals surface area contributed by atoms with E-state index in [0.29, 0.717) is 13.0 Å². The van der Waals surface area contributed by atoms with Gasteiger partial charge >= 0.3 is 11.9 Å². The van der Waals surface area contributed by atoms with Crippen molar-refractivity contribution in [2.24, 2.45) is 0 Å². The van der Waals surface area contributed by atoms with Gasteiger partial charge in [-0.2, -0.15) is 0 Å². The molecule has 0 heterocycles. The van der Waals surface area contributed by atoms with Crippen LogP contribution >= 0.6 is 0 Å². The third kappa shape index (κ3) is 12.0. The highest BCUT2D eigenvalue weighted by Crippen LogP contribution is 2.34. The zero-order chi connectivity index (χ0) is 29.6. The fourth-order valence-corrected chi connectivity index (χ4v) is 4.47. The van der Waals surface area contributed by atoms with E-state index in [1.807, 2.05) is 58.0 Å². The molecular formula is C33H48O7. The zero-order valence-electron chi connectivity index (χ0n) is 25.2. The number of aliphatic hydroxyl groups is 1. The van der Waals surface area contributed by atoms with E-state index in [9.17, 15) is 14.7 Å². The lowest BCUT2D eigenvalue weighted by Crippen LogP contribution is -2.32. The van der Waals surface area contributed by atoms with Crippen LogP contribution in [0.1, 0.15) is 113 Å². The van der Waals surface area contributed by atoms with E-state index in [1.165, 1.54) is 12.1 Å². The highest BCUT2D eigenvalue weighted by molar-refractivity contribution is 5.98. The van der Waals surface area contributed by atoms with Crippen molar-refractivity contribution in [1.29, 1.82) is 0 Å². The number of rotatable bonds is 18. The fourth-order valence-electron chi connectivity index (χ4n) is 4.47. The van der Waals surface area contributed by atoms with Crippen LogP contribution in [0.15, 0.2) is 42.5 Å². The van der Waals surface area contributed by atoms with E-state index in [0.717, 1.165) is 50.5 Å². The van der Waals surface area contributed by atoms with E-state index in [1.54, 1.807) is 13.8 Å². The number of carbonyl (C=O) groups excluding carboxylic acids is 2. The van der Waals surface area contributed by atoms with Gasteiger partial charge in [-0.25, -0.2) is 9.59 Å². The molecule has 0 atom stereocenters. The summed E-state index contributed by atoms with van der Waals surface area (Å²) in [6, 6.07) is 13.0. The van der Waals surface area contributed by atoms with Crippen LogP contribution in [0.3, 0.4) is 0 Å². The summed E-state index contributed by atoms with van der Waals surface area (Å²) in [5.41, 5.74) is 0.229. The van der Waals surface area contributed by atoms with Crippen LogP contribution in [0.25, 0.3) is 0 Å². The van der Waals surface area contributed by atoms with Crippen LogP contribution in [0.4, 0.5) is 0 Å². The maximum absolute atomic E-state index is 12.9. The highest BCUT2D eigenvalue weighted by atomic mass is 16.5. The first-order valence-electron chi connectivity index (χ1n) is 14.6. The van der Waals surface area contributed by atoms with E-state index < -0.39 is 23.1 Å². The number of carbonyl (C=O) groups is 2. The second-order valence-corrected chi connectivity index (χ2v) is 11.3. The van der Waals surface area contributed by atoms with Gasteiger partial charge in [0.2, 0.25) is 0 Å². The van der Waals surface area contributed by atoms with Crippen molar-refractivity contribution >= 4 is 11.9 Å². The minimum Gasteiger partial charge on any atom is -0.493 e. The maximum Gasteiger partial charge on any atom is 0.342 e. The lowest BCUT2D eigenvalue weighted by Gasteiger charge is -2.28. The number of ether oxygens (including phenoxy) is 4. The van der Waals surface area contributed by atoms with Gasteiger partial charge in [-0.15, -0.1) is 0 Å². The number of esters is 2. The van der Waals surface area contributed by atoms with Crippen LogP contribution in [0, 0.1) is 0 Å². The monoisotopic (exact) mass is 556 g/mol. The minimum atomic E-state index is -0.677. The lowest BCUT2D eigenvalue weighted by molar-refractivity contribution is 0.0490. The molecule has 0 aromatic heterocycles. The average Bonchev–Trinajstić information content (AvgIpc) is 2.87. The summed E-state index contributed by atoms with van der Waals surface area (Å²) >= 11 is 0. The molecule has 7 heteroatoms. The van der Waals surface area contributed by atoms with Crippen molar-refractivity contribution in [3.63, 3.8) is 0 Å².